The first-order valence-corrected chi connectivity index (χ1v) is 4.98. The summed E-state index contributed by atoms with van der Waals surface area (Å²) in [6.45, 7) is 4.60. The summed E-state index contributed by atoms with van der Waals surface area (Å²) < 4.78 is 0. The van der Waals surface area contributed by atoms with Crippen LogP contribution in [0.25, 0.3) is 0 Å². The first-order valence-electron chi connectivity index (χ1n) is 4.98. The number of carbonyl (C=O) groups is 1. The second-order valence-corrected chi connectivity index (χ2v) is 3.79. The van der Waals surface area contributed by atoms with Gasteiger partial charge in [-0.1, -0.05) is 13.8 Å². The quantitative estimate of drug-likeness (QED) is 0.617. The minimum Gasteiger partial charge on any atom is -0.355 e. The Balaban J connectivity index is 3.58. The molecule has 4 nitrogen and oxygen atoms in total. The van der Waals surface area contributed by atoms with Crippen LogP contribution in [0.3, 0.4) is 0 Å². The molecule has 0 heterocycles. The molecule has 1 amide bonds. The molecule has 0 saturated carbocycles. The van der Waals surface area contributed by atoms with Crippen LogP contribution in [-0.2, 0) is 4.79 Å². The monoisotopic (exact) mass is 197 g/mol. The fourth-order valence-corrected chi connectivity index (χ4v) is 1.13. The maximum atomic E-state index is 11.3. The summed E-state index contributed by atoms with van der Waals surface area (Å²) in [6.07, 6.45) is 1.86. The first kappa shape index (κ1) is 12.9. The molecule has 0 saturated heterocycles. The van der Waals surface area contributed by atoms with E-state index < -0.39 is 6.04 Å². The van der Waals surface area contributed by atoms with Crippen molar-refractivity contribution in [3.05, 3.63) is 0 Å². The highest BCUT2D eigenvalue weighted by Crippen LogP contribution is 2.02. The van der Waals surface area contributed by atoms with E-state index in [-0.39, 0.29) is 5.91 Å². The van der Waals surface area contributed by atoms with Crippen LogP contribution < -0.4 is 11.1 Å². The van der Waals surface area contributed by atoms with Gasteiger partial charge in [0.05, 0.1) is 12.1 Å². The topological polar surface area (TPSA) is 78.9 Å². The van der Waals surface area contributed by atoms with E-state index in [0.29, 0.717) is 31.7 Å². The maximum absolute atomic E-state index is 11.3. The van der Waals surface area contributed by atoms with Crippen LogP contribution in [0, 0.1) is 17.2 Å². The van der Waals surface area contributed by atoms with Gasteiger partial charge in [0.1, 0.15) is 0 Å². The molecular weight excluding hydrogens is 178 g/mol. The van der Waals surface area contributed by atoms with Crippen LogP contribution in [-0.4, -0.2) is 18.5 Å². The van der Waals surface area contributed by atoms with Gasteiger partial charge in [0, 0.05) is 13.0 Å². The average molecular weight is 197 g/mol. The molecule has 1 atom stereocenters. The van der Waals surface area contributed by atoms with Gasteiger partial charge >= 0.3 is 0 Å². The molecule has 80 valence electrons. The van der Waals surface area contributed by atoms with Gasteiger partial charge < -0.3 is 11.1 Å². The predicted octanol–water partition coefficient (Wildman–Crippen LogP) is 0.780. The van der Waals surface area contributed by atoms with Crippen molar-refractivity contribution in [3.8, 4) is 6.07 Å². The SMILES string of the molecule is CC(C)CC(N)C(=O)NCCCC#N. The standard InChI is InChI=1S/C10H19N3O/c1-8(2)7-9(12)10(14)13-6-4-3-5-11/h8-9H,3-4,6-7,12H2,1-2H3,(H,13,14). The molecule has 0 spiro atoms. The maximum Gasteiger partial charge on any atom is 0.236 e. The molecule has 0 aliphatic heterocycles. The van der Waals surface area contributed by atoms with Crippen LogP contribution >= 0.6 is 0 Å². The Morgan fingerprint density at radius 2 is 2.21 bits per heavy atom. The number of nitrogens with one attached hydrogen (secondary N) is 1. The number of nitrogens with two attached hydrogens (primary N) is 1. The Bertz CT molecular complexity index is 208. The molecule has 0 aliphatic carbocycles. The number of nitrogens with zero attached hydrogens (tertiary/aromatic N) is 1. The third-order valence-electron chi connectivity index (χ3n) is 1.83. The van der Waals surface area contributed by atoms with Crippen molar-refractivity contribution in [1.82, 2.24) is 5.32 Å². The summed E-state index contributed by atoms with van der Waals surface area (Å²) >= 11 is 0. The molecule has 3 N–H and O–H groups in total. The molecule has 0 aromatic heterocycles. The molecule has 4 heteroatoms. The van der Waals surface area contributed by atoms with E-state index in [1.165, 1.54) is 0 Å². The highest BCUT2D eigenvalue weighted by molar-refractivity contribution is 5.81. The van der Waals surface area contributed by atoms with E-state index in [4.69, 9.17) is 11.0 Å². The molecule has 14 heavy (non-hydrogen) atoms. The largest absolute Gasteiger partial charge is 0.355 e. The van der Waals surface area contributed by atoms with E-state index in [9.17, 15) is 4.79 Å². The molecule has 0 bridgehead atoms. The van der Waals surface area contributed by atoms with Crippen LogP contribution in [0.1, 0.15) is 33.1 Å². The number of rotatable bonds is 6. The van der Waals surface area contributed by atoms with Gasteiger partial charge in [-0.05, 0) is 18.8 Å². The van der Waals surface area contributed by atoms with Crippen molar-refractivity contribution in [3.63, 3.8) is 0 Å². The molecule has 0 aliphatic rings. The number of hydrogen-bond acceptors (Lipinski definition) is 3. The Morgan fingerprint density at radius 3 is 2.71 bits per heavy atom. The summed E-state index contributed by atoms with van der Waals surface area (Å²) in [5.41, 5.74) is 5.66. The molecule has 0 fully saturated rings. The lowest BCUT2D eigenvalue weighted by atomic mass is 10.0. The Morgan fingerprint density at radius 1 is 1.57 bits per heavy atom. The zero-order chi connectivity index (χ0) is 11.0. The van der Waals surface area contributed by atoms with Crippen molar-refractivity contribution >= 4 is 5.91 Å². The van der Waals surface area contributed by atoms with Gasteiger partial charge in [0.2, 0.25) is 5.91 Å². The zero-order valence-corrected chi connectivity index (χ0v) is 8.92. The second-order valence-electron chi connectivity index (χ2n) is 3.79. The van der Waals surface area contributed by atoms with Crippen molar-refractivity contribution in [2.24, 2.45) is 11.7 Å². The third kappa shape index (κ3) is 6.44. The smallest absolute Gasteiger partial charge is 0.236 e. The molecule has 0 aromatic carbocycles. The lowest BCUT2D eigenvalue weighted by molar-refractivity contribution is -0.122. The fourth-order valence-electron chi connectivity index (χ4n) is 1.13. The lowest BCUT2D eigenvalue weighted by Crippen LogP contribution is -2.41. The van der Waals surface area contributed by atoms with Crippen LogP contribution in [0.2, 0.25) is 0 Å². The van der Waals surface area contributed by atoms with Crippen molar-refractivity contribution in [2.75, 3.05) is 6.54 Å². The van der Waals surface area contributed by atoms with Gasteiger partial charge in [-0.25, -0.2) is 0 Å². The number of unbranched alkanes of at least 4 members (excludes halogenated alkanes) is 1. The number of nitriles is 1. The molecule has 0 radical (unpaired) electrons. The molecule has 1 unspecified atom stereocenters. The van der Waals surface area contributed by atoms with Gasteiger partial charge in [-0.15, -0.1) is 0 Å². The predicted molar refractivity (Wildman–Crippen MR) is 55.3 cm³/mol. The van der Waals surface area contributed by atoms with Gasteiger partial charge in [-0.3, -0.25) is 4.79 Å². The van der Waals surface area contributed by atoms with Crippen LogP contribution in [0.15, 0.2) is 0 Å². The number of hydrogen-bond donors (Lipinski definition) is 2. The van der Waals surface area contributed by atoms with Crippen molar-refractivity contribution in [1.29, 1.82) is 5.26 Å². The summed E-state index contributed by atoms with van der Waals surface area (Å²) in [7, 11) is 0. The van der Waals surface area contributed by atoms with E-state index in [2.05, 4.69) is 5.32 Å². The van der Waals surface area contributed by atoms with Gasteiger partial charge in [0.25, 0.3) is 0 Å². The minimum atomic E-state index is -0.419. The van der Waals surface area contributed by atoms with E-state index in [1.54, 1.807) is 0 Å². The summed E-state index contributed by atoms with van der Waals surface area (Å²) in [6, 6.07) is 1.60. The lowest BCUT2D eigenvalue weighted by Gasteiger charge is -2.13. The zero-order valence-electron chi connectivity index (χ0n) is 8.92. The third-order valence-corrected chi connectivity index (χ3v) is 1.83. The second kappa shape index (κ2) is 7.34. The van der Waals surface area contributed by atoms with E-state index in [1.807, 2.05) is 19.9 Å². The number of amides is 1. The first-order chi connectivity index (χ1) is 6.57. The minimum absolute atomic E-state index is 0.114. The molecular formula is C10H19N3O. The normalized spacial score (nSPS) is 12.2. The van der Waals surface area contributed by atoms with Crippen LogP contribution in [0.4, 0.5) is 0 Å². The van der Waals surface area contributed by atoms with Gasteiger partial charge in [0.15, 0.2) is 0 Å². The van der Waals surface area contributed by atoms with E-state index >= 15 is 0 Å². The van der Waals surface area contributed by atoms with E-state index in [0.717, 1.165) is 0 Å². The number of carbonyl (C=O) groups excluding carboxylic acids is 1. The summed E-state index contributed by atoms with van der Waals surface area (Å²) in [5, 5.41) is 11.0. The van der Waals surface area contributed by atoms with Crippen molar-refractivity contribution in [2.45, 2.75) is 39.2 Å². The molecule has 0 rings (SSSR count). The molecule has 0 aromatic rings. The van der Waals surface area contributed by atoms with Crippen LogP contribution in [0.5, 0.6) is 0 Å². The highest BCUT2D eigenvalue weighted by Gasteiger charge is 2.13. The summed E-state index contributed by atoms with van der Waals surface area (Å²) in [5.74, 6) is 0.312. The average Bonchev–Trinajstić information content (AvgIpc) is 2.11. The Labute approximate surface area is 85.5 Å². The fraction of sp³-hybridized carbons (Fsp3) is 0.800. The highest BCUT2D eigenvalue weighted by atomic mass is 16.2. The van der Waals surface area contributed by atoms with Gasteiger partial charge in [-0.2, -0.15) is 5.26 Å². The Hall–Kier alpha value is -1.08. The van der Waals surface area contributed by atoms with Crippen molar-refractivity contribution < 1.29 is 4.79 Å². The Kier molecular flexibility index (Phi) is 6.77. The summed E-state index contributed by atoms with van der Waals surface area (Å²) in [4.78, 5) is 11.3.